The summed E-state index contributed by atoms with van der Waals surface area (Å²) < 4.78 is 0. The molecule has 0 unspecified atom stereocenters. The van der Waals surface area contributed by atoms with Crippen LogP contribution in [0.25, 0.3) is 0 Å². The Morgan fingerprint density at radius 1 is 1.47 bits per heavy atom. The molecule has 0 rings (SSSR count). The number of nitrogens with one attached hydrogen (secondary N) is 2. The van der Waals surface area contributed by atoms with E-state index >= 15 is 0 Å². The fourth-order valence-corrected chi connectivity index (χ4v) is 0.920. The Kier molecular flexibility index (Phi) is 7.21. The van der Waals surface area contributed by atoms with Crippen molar-refractivity contribution in [2.45, 2.75) is 12.5 Å². The molecule has 0 saturated carbocycles. The molecule has 0 bridgehead atoms. The van der Waals surface area contributed by atoms with E-state index in [4.69, 9.17) is 10.2 Å². The molecular formula is C9H16N2O4. The standard InChI is InChI=1S/C9H16N2O4/c1-2-4-10-6-8(13)11-7(3-5-12)9(14)15/h2,7,10,12H,1,3-6H2,(H,11,13)(H,14,15)/t7-/m1/s1. The van der Waals surface area contributed by atoms with E-state index in [0.717, 1.165) is 0 Å². The molecule has 0 radical (unpaired) electrons. The number of aliphatic hydroxyl groups excluding tert-OH is 1. The van der Waals surface area contributed by atoms with Gasteiger partial charge < -0.3 is 20.8 Å². The van der Waals surface area contributed by atoms with Gasteiger partial charge in [0.25, 0.3) is 0 Å². The number of carbonyl (C=O) groups is 2. The van der Waals surface area contributed by atoms with Gasteiger partial charge in [0.1, 0.15) is 6.04 Å². The lowest BCUT2D eigenvalue weighted by Gasteiger charge is -2.13. The lowest BCUT2D eigenvalue weighted by molar-refractivity contribution is -0.142. The Balaban J connectivity index is 3.88. The Bertz CT molecular complexity index is 230. The van der Waals surface area contributed by atoms with Crippen LogP contribution in [0.1, 0.15) is 6.42 Å². The fraction of sp³-hybridized carbons (Fsp3) is 0.556. The van der Waals surface area contributed by atoms with Crippen LogP contribution in [0.2, 0.25) is 0 Å². The molecule has 86 valence electrons. The van der Waals surface area contributed by atoms with Crippen LogP contribution in [-0.2, 0) is 9.59 Å². The van der Waals surface area contributed by atoms with Crippen molar-refractivity contribution in [3.05, 3.63) is 12.7 Å². The van der Waals surface area contributed by atoms with Gasteiger partial charge in [-0.05, 0) is 0 Å². The van der Waals surface area contributed by atoms with Gasteiger partial charge in [-0.1, -0.05) is 6.08 Å². The van der Waals surface area contributed by atoms with Crippen LogP contribution in [0, 0.1) is 0 Å². The van der Waals surface area contributed by atoms with Gasteiger partial charge in [0.05, 0.1) is 6.54 Å². The predicted octanol–water partition coefficient (Wildman–Crippen LogP) is -1.29. The molecule has 0 saturated heterocycles. The molecule has 0 aromatic heterocycles. The number of carboxylic acids is 1. The summed E-state index contributed by atoms with van der Waals surface area (Å²) in [5.41, 5.74) is 0. The minimum Gasteiger partial charge on any atom is -0.480 e. The zero-order chi connectivity index (χ0) is 11.7. The maximum atomic E-state index is 11.2. The quantitative estimate of drug-likeness (QED) is 0.299. The molecule has 0 heterocycles. The topological polar surface area (TPSA) is 98.7 Å². The third kappa shape index (κ3) is 6.64. The molecule has 15 heavy (non-hydrogen) atoms. The van der Waals surface area contributed by atoms with Crippen molar-refractivity contribution >= 4 is 11.9 Å². The molecule has 4 N–H and O–H groups in total. The monoisotopic (exact) mass is 216 g/mol. The molecule has 0 spiro atoms. The normalized spacial score (nSPS) is 11.8. The number of rotatable bonds is 8. The van der Waals surface area contributed by atoms with E-state index in [9.17, 15) is 9.59 Å². The first-order valence-corrected chi connectivity index (χ1v) is 4.56. The summed E-state index contributed by atoms with van der Waals surface area (Å²) in [6.45, 7) is 3.68. The number of hydrogen-bond donors (Lipinski definition) is 4. The van der Waals surface area contributed by atoms with E-state index in [2.05, 4.69) is 17.2 Å². The van der Waals surface area contributed by atoms with Gasteiger partial charge in [-0.2, -0.15) is 0 Å². The van der Waals surface area contributed by atoms with Gasteiger partial charge in [0, 0.05) is 19.6 Å². The number of carbonyl (C=O) groups excluding carboxylic acids is 1. The first-order valence-electron chi connectivity index (χ1n) is 4.56. The lowest BCUT2D eigenvalue weighted by Crippen LogP contribution is -2.45. The lowest BCUT2D eigenvalue weighted by atomic mass is 10.2. The number of amides is 1. The van der Waals surface area contributed by atoms with Crippen LogP contribution in [0.15, 0.2) is 12.7 Å². The van der Waals surface area contributed by atoms with Crippen molar-refractivity contribution in [3.8, 4) is 0 Å². The van der Waals surface area contributed by atoms with Crippen LogP contribution in [0.3, 0.4) is 0 Å². The molecule has 6 heteroatoms. The zero-order valence-electron chi connectivity index (χ0n) is 8.40. The average Bonchev–Trinajstić information content (AvgIpc) is 2.17. The summed E-state index contributed by atoms with van der Waals surface area (Å²) in [6, 6.07) is -1.03. The molecule has 1 amide bonds. The first-order chi connectivity index (χ1) is 7.11. The summed E-state index contributed by atoms with van der Waals surface area (Å²) in [5.74, 6) is -1.57. The maximum Gasteiger partial charge on any atom is 0.326 e. The van der Waals surface area contributed by atoms with Crippen molar-refractivity contribution < 1.29 is 19.8 Å². The van der Waals surface area contributed by atoms with Gasteiger partial charge in [0.2, 0.25) is 5.91 Å². The molecule has 0 aliphatic carbocycles. The van der Waals surface area contributed by atoms with E-state index in [0.29, 0.717) is 6.54 Å². The van der Waals surface area contributed by atoms with Gasteiger partial charge in [-0.25, -0.2) is 4.79 Å². The van der Waals surface area contributed by atoms with Crippen molar-refractivity contribution in [1.29, 1.82) is 0 Å². The van der Waals surface area contributed by atoms with Gasteiger partial charge in [0.15, 0.2) is 0 Å². The molecule has 0 aliphatic rings. The SMILES string of the molecule is C=CCNCC(=O)N[C@H](CCO)C(=O)O. The Hall–Kier alpha value is -1.40. The minimum absolute atomic E-state index is 0.00251. The molecule has 1 atom stereocenters. The highest BCUT2D eigenvalue weighted by molar-refractivity contribution is 5.84. The fourth-order valence-electron chi connectivity index (χ4n) is 0.920. The summed E-state index contributed by atoms with van der Waals surface area (Å²) in [7, 11) is 0. The molecule has 6 nitrogen and oxygen atoms in total. The predicted molar refractivity (Wildman–Crippen MR) is 54.3 cm³/mol. The van der Waals surface area contributed by atoms with Crippen LogP contribution in [0.4, 0.5) is 0 Å². The number of carboxylic acid groups (broad SMARTS) is 1. The third-order valence-electron chi connectivity index (χ3n) is 1.63. The molecule has 0 fully saturated rings. The second kappa shape index (κ2) is 7.95. The van der Waals surface area contributed by atoms with Crippen LogP contribution in [0.5, 0.6) is 0 Å². The zero-order valence-corrected chi connectivity index (χ0v) is 8.40. The number of aliphatic carboxylic acids is 1. The van der Waals surface area contributed by atoms with Gasteiger partial charge in [-0.3, -0.25) is 4.79 Å². The van der Waals surface area contributed by atoms with Crippen molar-refractivity contribution in [3.63, 3.8) is 0 Å². The smallest absolute Gasteiger partial charge is 0.326 e. The second-order valence-corrected chi connectivity index (χ2v) is 2.89. The molecule has 0 aliphatic heterocycles. The van der Waals surface area contributed by atoms with E-state index in [1.807, 2.05) is 0 Å². The Morgan fingerprint density at radius 2 is 2.13 bits per heavy atom. The molecular weight excluding hydrogens is 200 g/mol. The van der Waals surface area contributed by atoms with E-state index in [-0.39, 0.29) is 19.6 Å². The summed E-state index contributed by atoms with van der Waals surface area (Å²) in [6.07, 6.45) is 1.60. The first kappa shape index (κ1) is 13.6. The Morgan fingerprint density at radius 3 is 2.60 bits per heavy atom. The van der Waals surface area contributed by atoms with Gasteiger partial charge in [-0.15, -0.1) is 6.58 Å². The maximum absolute atomic E-state index is 11.2. The number of hydrogen-bond acceptors (Lipinski definition) is 4. The van der Waals surface area contributed by atoms with E-state index < -0.39 is 17.9 Å². The van der Waals surface area contributed by atoms with Crippen LogP contribution in [-0.4, -0.2) is 47.8 Å². The van der Waals surface area contributed by atoms with Gasteiger partial charge >= 0.3 is 5.97 Å². The van der Waals surface area contributed by atoms with Crippen molar-refractivity contribution in [1.82, 2.24) is 10.6 Å². The highest BCUT2D eigenvalue weighted by Gasteiger charge is 2.18. The van der Waals surface area contributed by atoms with E-state index in [1.165, 1.54) is 0 Å². The van der Waals surface area contributed by atoms with Crippen molar-refractivity contribution in [2.24, 2.45) is 0 Å². The van der Waals surface area contributed by atoms with Crippen LogP contribution < -0.4 is 10.6 Å². The van der Waals surface area contributed by atoms with Crippen LogP contribution >= 0.6 is 0 Å². The Labute approximate surface area is 88.0 Å². The van der Waals surface area contributed by atoms with Crippen molar-refractivity contribution in [2.75, 3.05) is 19.7 Å². The minimum atomic E-state index is -1.15. The molecule has 0 aromatic rings. The average molecular weight is 216 g/mol. The summed E-state index contributed by atoms with van der Waals surface area (Å²) in [4.78, 5) is 21.7. The highest BCUT2D eigenvalue weighted by atomic mass is 16.4. The summed E-state index contributed by atoms with van der Waals surface area (Å²) >= 11 is 0. The second-order valence-electron chi connectivity index (χ2n) is 2.89. The largest absolute Gasteiger partial charge is 0.480 e. The third-order valence-corrected chi connectivity index (χ3v) is 1.63. The highest BCUT2D eigenvalue weighted by Crippen LogP contribution is 1.90. The van der Waals surface area contributed by atoms with E-state index in [1.54, 1.807) is 6.08 Å². The molecule has 0 aromatic carbocycles. The summed E-state index contributed by atoms with van der Waals surface area (Å²) in [5, 5.41) is 22.2. The number of aliphatic hydroxyl groups is 1.